The molecule has 0 spiro atoms. The standard InChI is InChI=1S/C21H21N3O2/c1-22-20(25)13-19(23-12-11-17-9-5-6-10-18(17)15-23)24(21(22)26)14-16-7-3-2-4-8-16/h2-10,13H,11-12,14-15H2,1H3. The number of benzene rings is 2. The second-order valence-electron chi connectivity index (χ2n) is 6.69. The van der Waals surface area contributed by atoms with E-state index in [4.69, 9.17) is 0 Å². The lowest BCUT2D eigenvalue weighted by atomic mass is 10.00. The Morgan fingerprint density at radius 2 is 1.62 bits per heavy atom. The van der Waals surface area contributed by atoms with E-state index in [9.17, 15) is 9.59 Å². The Labute approximate surface area is 151 Å². The second kappa shape index (κ2) is 6.67. The lowest BCUT2D eigenvalue weighted by Crippen LogP contribution is -2.43. The summed E-state index contributed by atoms with van der Waals surface area (Å²) in [6, 6.07) is 19.8. The summed E-state index contributed by atoms with van der Waals surface area (Å²) in [5, 5.41) is 0. The summed E-state index contributed by atoms with van der Waals surface area (Å²) in [5.41, 5.74) is 3.07. The first kappa shape index (κ1) is 16.4. The average molecular weight is 347 g/mol. The fourth-order valence-electron chi connectivity index (χ4n) is 3.53. The van der Waals surface area contributed by atoms with E-state index >= 15 is 0 Å². The van der Waals surface area contributed by atoms with Crippen molar-refractivity contribution >= 4 is 5.82 Å². The van der Waals surface area contributed by atoms with Crippen LogP contribution in [0.5, 0.6) is 0 Å². The van der Waals surface area contributed by atoms with Gasteiger partial charge in [0.05, 0.1) is 6.54 Å². The first-order valence-electron chi connectivity index (χ1n) is 8.80. The van der Waals surface area contributed by atoms with Crippen LogP contribution in [0.3, 0.4) is 0 Å². The molecule has 1 aromatic heterocycles. The summed E-state index contributed by atoms with van der Waals surface area (Å²) in [6.45, 7) is 1.94. The van der Waals surface area contributed by atoms with Crippen LogP contribution in [0.2, 0.25) is 0 Å². The molecule has 0 bridgehead atoms. The van der Waals surface area contributed by atoms with Crippen LogP contribution in [0, 0.1) is 0 Å². The van der Waals surface area contributed by atoms with E-state index in [0.29, 0.717) is 18.9 Å². The number of anilines is 1. The smallest absolute Gasteiger partial charge is 0.332 e. The van der Waals surface area contributed by atoms with E-state index in [0.717, 1.165) is 18.5 Å². The number of fused-ring (bicyclic) bond motifs is 1. The molecule has 1 aliphatic rings. The highest BCUT2D eigenvalue weighted by atomic mass is 16.2. The van der Waals surface area contributed by atoms with Crippen LogP contribution in [-0.2, 0) is 26.6 Å². The van der Waals surface area contributed by atoms with Gasteiger partial charge in [0, 0.05) is 26.2 Å². The van der Waals surface area contributed by atoms with E-state index in [1.807, 2.05) is 36.4 Å². The number of hydrogen-bond donors (Lipinski definition) is 0. The molecule has 0 radical (unpaired) electrons. The fraction of sp³-hybridized carbons (Fsp3) is 0.238. The molecule has 0 aliphatic carbocycles. The molecular formula is C21H21N3O2. The van der Waals surface area contributed by atoms with Crippen molar-refractivity contribution in [3.8, 4) is 0 Å². The number of hydrogen-bond acceptors (Lipinski definition) is 3. The molecule has 0 unspecified atom stereocenters. The number of aromatic nitrogens is 2. The highest BCUT2D eigenvalue weighted by molar-refractivity contribution is 5.44. The van der Waals surface area contributed by atoms with Crippen molar-refractivity contribution in [1.29, 1.82) is 0 Å². The van der Waals surface area contributed by atoms with Gasteiger partial charge in [0.25, 0.3) is 5.56 Å². The molecule has 1 aliphatic heterocycles. The zero-order valence-corrected chi connectivity index (χ0v) is 14.8. The minimum Gasteiger partial charge on any atom is -0.353 e. The van der Waals surface area contributed by atoms with Crippen molar-refractivity contribution in [2.24, 2.45) is 7.05 Å². The summed E-state index contributed by atoms with van der Waals surface area (Å²) >= 11 is 0. The Morgan fingerprint density at radius 1 is 0.923 bits per heavy atom. The second-order valence-corrected chi connectivity index (χ2v) is 6.69. The lowest BCUT2D eigenvalue weighted by molar-refractivity contribution is 0.611. The summed E-state index contributed by atoms with van der Waals surface area (Å²) in [5.74, 6) is 0.691. The van der Waals surface area contributed by atoms with Gasteiger partial charge >= 0.3 is 5.69 Å². The molecular weight excluding hydrogens is 326 g/mol. The zero-order chi connectivity index (χ0) is 18.1. The van der Waals surface area contributed by atoms with E-state index in [1.165, 1.54) is 22.7 Å². The predicted octanol–water partition coefficient (Wildman–Crippen LogP) is 2.16. The SMILES string of the molecule is Cn1c(=O)cc(N2CCc3ccccc3C2)n(Cc2ccccc2)c1=O. The Morgan fingerprint density at radius 3 is 2.38 bits per heavy atom. The van der Waals surface area contributed by atoms with Gasteiger partial charge in [0.2, 0.25) is 0 Å². The molecule has 0 fully saturated rings. The molecule has 5 heteroatoms. The molecule has 5 nitrogen and oxygen atoms in total. The monoisotopic (exact) mass is 347 g/mol. The Balaban J connectivity index is 1.78. The third kappa shape index (κ3) is 2.96. The maximum absolute atomic E-state index is 12.8. The quantitative estimate of drug-likeness (QED) is 0.729. The van der Waals surface area contributed by atoms with E-state index in [1.54, 1.807) is 10.6 Å². The van der Waals surface area contributed by atoms with Gasteiger partial charge in [-0.05, 0) is 23.1 Å². The van der Waals surface area contributed by atoms with E-state index in [2.05, 4.69) is 23.1 Å². The molecule has 0 saturated carbocycles. The van der Waals surface area contributed by atoms with Crippen LogP contribution >= 0.6 is 0 Å². The zero-order valence-electron chi connectivity index (χ0n) is 14.8. The maximum atomic E-state index is 12.8. The van der Waals surface area contributed by atoms with Gasteiger partial charge in [-0.3, -0.25) is 13.9 Å². The van der Waals surface area contributed by atoms with Gasteiger partial charge in [-0.25, -0.2) is 4.79 Å². The Kier molecular flexibility index (Phi) is 4.21. The van der Waals surface area contributed by atoms with Gasteiger partial charge in [-0.2, -0.15) is 0 Å². The van der Waals surface area contributed by atoms with Crippen LogP contribution < -0.4 is 16.1 Å². The van der Waals surface area contributed by atoms with E-state index < -0.39 is 0 Å². The highest BCUT2D eigenvalue weighted by Crippen LogP contribution is 2.23. The lowest BCUT2D eigenvalue weighted by Gasteiger charge is -2.32. The summed E-state index contributed by atoms with van der Waals surface area (Å²) in [4.78, 5) is 27.2. The molecule has 2 aromatic carbocycles. The number of rotatable bonds is 3. The van der Waals surface area contributed by atoms with Crippen molar-refractivity contribution in [3.63, 3.8) is 0 Å². The fourth-order valence-corrected chi connectivity index (χ4v) is 3.53. The van der Waals surface area contributed by atoms with Crippen LogP contribution in [0.1, 0.15) is 16.7 Å². The van der Waals surface area contributed by atoms with Gasteiger partial charge in [-0.15, -0.1) is 0 Å². The Hall–Kier alpha value is -3.08. The molecule has 132 valence electrons. The third-order valence-corrected chi connectivity index (χ3v) is 5.02. The normalized spacial score (nSPS) is 13.5. The van der Waals surface area contributed by atoms with Gasteiger partial charge in [0.1, 0.15) is 5.82 Å². The van der Waals surface area contributed by atoms with Crippen LogP contribution in [0.15, 0.2) is 70.3 Å². The maximum Gasteiger partial charge on any atom is 0.332 e. The summed E-state index contributed by atoms with van der Waals surface area (Å²) in [6.07, 6.45) is 0.908. The van der Waals surface area contributed by atoms with E-state index in [-0.39, 0.29) is 11.2 Å². The van der Waals surface area contributed by atoms with Crippen LogP contribution in [-0.4, -0.2) is 15.7 Å². The van der Waals surface area contributed by atoms with Crippen molar-refractivity contribution in [2.75, 3.05) is 11.4 Å². The average Bonchev–Trinajstić information content (AvgIpc) is 2.68. The molecule has 0 saturated heterocycles. The first-order chi connectivity index (χ1) is 12.6. The Bertz CT molecular complexity index is 1050. The van der Waals surface area contributed by atoms with Crippen molar-refractivity contribution in [2.45, 2.75) is 19.5 Å². The van der Waals surface area contributed by atoms with Gasteiger partial charge in [0.15, 0.2) is 0 Å². The topological polar surface area (TPSA) is 47.2 Å². The largest absolute Gasteiger partial charge is 0.353 e. The van der Waals surface area contributed by atoms with Crippen molar-refractivity contribution in [1.82, 2.24) is 9.13 Å². The molecule has 0 atom stereocenters. The molecule has 3 aromatic rings. The minimum atomic E-state index is -0.282. The molecule has 2 heterocycles. The van der Waals surface area contributed by atoms with Crippen LogP contribution in [0.25, 0.3) is 0 Å². The number of nitrogens with zero attached hydrogens (tertiary/aromatic N) is 3. The molecule has 4 rings (SSSR count). The van der Waals surface area contributed by atoms with Gasteiger partial charge in [-0.1, -0.05) is 54.6 Å². The van der Waals surface area contributed by atoms with Crippen molar-refractivity contribution < 1.29 is 0 Å². The third-order valence-electron chi connectivity index (χ3n) is 5.02. The van der Waals surface area contributed by atoms with Crippen molar-refractivity contribution in [3.05, 3.63) is 98.2 Å². The highest BCUT2D eigenvalue weighted by Gasteiger charge is 2.20. The van der Waals surface area contributed by atoms with Gasteiger partial charge < -0.3 is 4.90 Å². The first-order valence-corrected chi connectivity index (χ1v) is 8.80. The minimum absolute atomic E-state index is 0.270. The summed E-state index contributed by atoms with van der Waals surface area (Å²) in [7, 11) is 1.53. The molecule has 0 amide bonds. The molecule has 26 heavy (non-hydrogen) atoms. The van der Waals surface area contributed by atoms with Crippen LogP contribution in [0.4, 0.5) is 5.82 Å². The summed E-state index contributed by atoms with van der Waals surface area (Å²) < 4.78 is 2.87. The molecule has 0 N–H and O–H groups in total. The predicted molar refractivity (Wildman–Crippen MR) is 103 cm³/mol.